The zero-order valence-electron chi connectivity index (χ0n) is 30.3. The van der Waals surface area contributed by atoms with Gasteiger partial charge in [-0.25, -0.2) is 9.97 Å². The number of nitrogens with zero attached hydrogens (tertiary/aromatic N) is 3. The predicted octanol–water partition coefficient (Wildman–Crippen LogP) is 13.8. The number of aromatic nitrogens is 3. The Bertz CT molecular complexity index is 3250. The molecule has 0 aliphatic rings. The van der Waals surface area contributed by atoms with Crippen LogP contribution in [0.3, 0.4) is 0 Å². The van der Waals surface area contributed by atoms with Crippen LogP contribution >= 0.6 is 0 Å². The smallest absolute Gasteiger partial charge is 0.160 e. The van der Waals surface area contributed by atoms with E-state index in [2.05, 4.69) is 187 Å². The molecule has 3 heterocycles. The Balaban J connectivity index is 1.11. The van der Waals surface area contributed by atoms with Crippen molar-refractivity contribution in [2.24, 2.45) is 0 Å². The summed E-state index contributed by atoms with van der Waals surface area (Å²) in [7, 11) is 0. The van der Waals surface area contributed by atoms with Gasteiger partial charge in [0, 0.05) is 33.0 Å². The summed E-state index contributed by atoms with van der Waals surface area (Å²) in [5.74, 6) is 0.658. The van der Waals surface area contributed by atoms with Gasteiger partial charge in [-0.05, 0) is 81.9 Å². The molecule has 0 spiro atoms. The van der Waals surface area contributed by atoms with Gasteiger partial charge in [0.15, 0.2) is 5.82 Å². The summed E-state index contributed by atoms with van der Waals surface area (Å²) in [6.07, 6.45) is 0. The number of hydrogen-bond donors (Lipinski definition) is 0. The minimum absolute atomic E-state index is 0.658. The van der Waals surface area contributed by atoms with E-state index in [-0.39, 0.29) is 0 Å². The first-order valence-corrected chi connectivity index (χ1v) is 18.9. The SMILES string of the molecule is c1ccc(-c2cccc(-c3cccc(-c4cccc(-c5nc(-c6cccc7c6oc6ccccc67)c6c(n5)c5ccccc5n6-c5ccccc5)c4)c3)c2)cc1. The maximum atomic E-state index is 6.64. The van der Waals surface area contributed by atoms with Gasteiger partial charge in [0.1, 0.15) is 22.4 Å². The molecular formula is C52H33N3O. The highest BCUT2D eigenvalue weighted by molar-refractivity contribution is 6.15. The normalized spacial score (nSPS) is 11.6. The standard InChI is InChI=1S/C52H33N3O/c1-3-15-34(16-4-1)35-17-11-18-36(31-35)37-19-12-20-38(32-37)39-21-13-22-40(33-39)52-53-48-44-26-7-9-29-46(44)55(41-23-5-2-6-24-41)50(48)49(54-52)45-28-14-27-43-42-25-8-10-30-47(42)56-51(43)45/h1-33H. The first-order chi connectivity index (χ1) is 27.8. The maximum Gasteiger partial charge on any atom is 0.160 e. The van der Waals surface area contributed by atoms with E-state index >= 15 is 0 Å². The van der Waals surface area contributed by atoms with Crippen LogP contribution in [-0.2, 0) is 0 Å². The minimum Gasteiger partial charge on any atom is -0.455 e. The first-order valence-electron chi connectivity index (χ1n) is 18.9. The zero-order chi connectivity index (χ0) is 37.0. The van der Waals surface area contributed by atoms with Crippen molar-refractivity contribution in [2.75, 3.05) is 0 Å². The van der Waals surface area contributed by atoms with Crippen LogP contribution in [-0.4, -0.2) is 14.5 Å². The molecule has 3 aromatic heterocycles. The van der Waals surface area contributed by atoms with Crippen molar-refractivity contribution < 1.29 is 4.42 Å². The van der Waals surface area contributed by atoms with Gasteiger partial charge in [0.2, 0.25) is 0 Å². The topological polar surface area (TPSA) is 43.9 Å². The van der Waals surface area contributed by atoms with Crippen LogP contribution < -0.4 is 0 Å². The molecule has 262 valence electrons. The number of fused-ring (bicyclic) bond motifs is 6. The monoisotopic (exact) mass is 715 g/mol. The van der Waals surface area contributed by atoms with Gasteiger partial charge in [-0.3, -0.25) is 0 Å². The van der Waals surface area contributed by atoms with Crippen LogP contribution in [0.15, 0.2) is 205 Å². The van der Waals surface area contributed by atoms with Crippen molar-refractivity contribution in [3.05, 3.63) is 200 Å². The molecule has 0 saturated heterocycles. The second-order valence-electron chi connectivity index (χ2n) is 14.2. The molecule has 0 radical (unpaired) electrons. The van der Waals surface area contributed by atoms with Crippen LogP contribution in [0.25, 0.3) is 106 Å². The Morgan fingerprint density at radius 2 is 0.911 bits per heavy atom. The van der Waals surface area contributed by atoms with Gasteiger partial charge < -0.3 is 8.98 Å². The first kappa shape index (κ1) is 31.9. The average molecular weight is 716 g/mol. The van der Waals surface area contributed by atoms with E-state index < -0.39 is 0 Å². The Kier molecular flexibility index (Phi) is 7.46. The molecule has 0 aliphatic heterocycles. The summed E-state index contributed by atoms with van der Waals surface area (Å²) < 4.78 is 8.93. The van der Waals surface area contributed by atoms with Crippen molar-refractivity contribution in [1.29, 1.82) is 0 Å². The van der Waals surface area contributed by atoms with Gasteiger partial charge in [-0.1, -0.05) is 152 Å². The van der Waals surface area contributed by atoms with Crippen LogP contribution in [0.1, 0.15) is 0 Å². The molecule has 4 nitrogen and oxygen atoms in total. The zero-order valence-corrected chi connectivity index (χ0v) is 30.3. The number of benzene rings is 8. The lowest BCUT2D eigenvalue weighted by Gasteiger charge is -2.13. The fourth-order valence-corrected chi connectivity index (χ4v) is 8.16. The van der Waals surface area contributed by atoms with Gasteiger partial charge in [-0.15, -0.1) is 0 Å². The molecule has 0 N–H and O–H groups in total. The highest BCUT2D eigenvalue weighted by atomic mass is 16.3. The molecule has 0 amide bonds. The van der Waals surface area contributed by atoms with E-state index in [0.717, 1.165) is 77.5 Å². The van der Waals surface area contributed by atoms with Crippen molar-refractivity contribution in [3.63, 3.8) is 0 Å². The average Bonchev–Trinajstić information content (AvgIpc) is 3.83. The maximum absolute atomic E-state index is 6.64. The van der Waals surface area contributed by atoms with Gasteiger partial charge >= 0.3 is 0 Å². The summed E-state index contributed by atoms with van der Waals surface area (Å²) in [5.41, 5.74) is 15.3. The summed E-state index contributed by atoms with van der Waals surface area (Å²) in [6.45, 7) is 0. The number of furan rings is 1. The van der Waals surface area contributed by atoms with E-state index in [1.54, 1.807) is 0 Å². The fraction of sp³-hybridized carbons (Fsp3) is 0. The summed E-state index contributed by atoms with van der Waals surface area (Å²) >= 11 is 0. The van der Waals surface area contributed by atoms with E-state index in [1.165, 1.54) is 22.3 Å². The summed E-state index contributed by atoms with van der Waals surface area (Å²) in [6, 6.07) is 70.2. The molecule has 0 unspecified atom stereocenters. The Morgan fingerprint density at radius 3 is 1.62 bits per heavy atom. The summed E-state index contributed by atoms with van der Waals surface area (Å²) in [5, 5.41) is 3.21. The lowest BCUT2D eigenvalue weighted by atomic mass is 9.95. The Hall–Kier alpha value is -7.56. The van der Waals surface area contributed by atoms with Gasteiger partial charge in [0.05, 0.1) is 11.0 Å². The van der Waals surface area contributed by atoms with Crippen molar-refractivity contribution in [1.82, 2.24) is 14.5 Å². The molecule has 0 atom stereocenters. The van der Waals surface area contributed by atoms with Crippen molar-refractivity contribution >= 4 is 43.9 Å². The third kappa shape index (κ3) is 5.31. The Morgan fingerprint density at radius 1 is 0.393 bits per heavy atom. The molecule has 56 heavy (non-hydrogen) atoms. The minimum atomic E-state index is 0.658. The largest absolute Gasteiger partial charge is 0.455 e. The second kappa shape index (κ2) is 13.1. The van der Waals surface area contributed by atoms with Crippen LogP contribution in [0.4, 0.5) is 0 Å². The lowest BCUT2D eigenvalue weighted by molar-refractivity contribution is 0.670. The number of rotatable bonds is 6. The molecule has 4 heteroatoms. The molecule has 0 aliphatic carbocycles. The van der Waals surface area contributed by atoms with E-state index in [4.69, 9.17) is 14.4 Å². The lowest BCUT2D eigenvalue weighted by Crippen LogP contribution is -2.00. The summed E-state index contributed by atoms with van der Waals surface area (Å²) in [4.78, 5) is 10.9. The number of hydrogen-bond acceptors (Lipinski definition) is 3. The second-order valence-corrected chi connectivity index (χ2v) is 14.2. The molecule has 8 aromatic carbocycles. The molecule has 0 saturated carbocycles. The van der Waals surface area contributed by atoms with Crippen molar-refractivity contribution in [2.45, 2.75) is 0 Å². The van der Waals surface area contributed by atoms with E-state index in [9.17, 15) is 0 Å². The quantitative estimate of drug-likeness (QED) is 0.172. The van der Waals surface area contributed by atoms with Gasteiger partial charge in [0.25, 0.3) is 0 Å². The van der Waals surface area contributed by atoms with Crippen molar-refractivity contribution in [3.8, 4) is 61.7 Å². The highest BCUT2D eigenvalue weighted by Crippen LogP contribution is 2.42. The Labute approximate surface area is 323 Å². The molecule has 0 bridgehead atoms. The third-order valence-electron chi connectivity index (χ3n) is 10.8. The molecule has 11 rings (SSSR count). The fourth-order valence-electron chi connectivity index (χ4n) is 8.16. The highest BCUT2D eigenvalue weighted by Gasteiger charge is 2.23. The third-order valence-corrected chi connectivity index (χ3v) is 10.8. The van der Waals surface area contributed by atoms with Crippen LogP contribution in [0.5, 0.6) is 0 Å². The van der Waals surface area contributed by atoms with Gasteiger partial charge in [-0.2, -0.15) is 0 Å². The molecule has 11 aromatic rings. The van der Waals surface area contributed by atoms with Crippen LogP contribution in [0.2, 0.25) is 0 Å². The molecular weight excluding hydrogens is 683 g/mol. The predicted molar refractivity (Wildman–Crippen MR) is 231 cm³/mol. The van der Waals surface area contributed by atoms with E-state index in [1.807, 2.05) is 18.2 Å². The number of para-hydroxylation sites is 4. The molecule has 0 fully saturated rings. The van der Waals surface area contributed by atoms with Crippen LogP contribution in [0, 0.1) is 0 Å². The van der Waals surface area contributed by atoms with E-state index in [0.29, 0.717) is 5.82 Å².